The zero-order valence-corrected chi connectivity index (χ0v) is 16.8. The van der Waals surface area contributed by atoms with Crippen molar-refractivity contribution in [3.05, 3.63) is 30.2 Å². The number of aromatic nitrogens is 2. The quantitative estimate of drug-likeness (QED) is 0.795. The fraction of sp³-hybridized carbons (Fsp3) is 0.650. The molecule has 1 N–H and O–H groups in total. The lowest BCUT2D eigenvalue weighted by atomic mass is 9.80. The van der Waals surface area contributed by atoms with Crippen LogP contribution in [0.4, 0.5) is 0 Å². The summed E-state index contributed by atoms with van der Waals surface area (Å²) >= 11 is 0. The summed E-state index contributed by atoms with van der Waals surface area (Å²) in [6, 6.07) is 5.83. The number of sulfone groups is 1. The van der Waals surface area contributed by atoms with Crippen LogP contribution in [-0.2, 0) is 16.3 Å². The second-order valence-electron chi connectivity index (χ2n) is 8.57. The topological polar surface area (TPSA) is 76.0 Å². The number of aryl methyl sites for hydroxylation is 1. The zero-order chi connectivity index (χ0) is 18.8. The number of furan rings is 1. The Morgan fingerprint density at radius 3 is 2.50 bits per heavy atom. The predicted octanol–water partition coefficient (Wildman–Crippen LogP) is 4.62. The summed E-state index contributed by atoms with van der Waals surface area (Å²) in [5.41, 5.74) is 1.98. The fourth-order valence-corrected chi connectivity index (χ4v) is 5.10. The molecule has 26 heavy (non-hydrogen) atoms. The van der Waals surface area contributed by atoms with Crippen molar-refractivity contribution in [1.29, 1.82) is 0 Å². The van der Waals surface area contributed by atoms with E-state index in [0.29, 0.717) is 17.6 Å². The minimum atomic E-state index is -3.01. The van der Waals surface area contributed by atoms with E-state index in [2.05, 4.69) is 16.3 Å². The molecule has 6 heteroatoms. The highest BCUT2D eigenvalue weighted by Gasteiger charge is 2.33. The second-order valence-corrected chi connectivity index (χ2v) is 11.4. The molecule has 2 heterocycles. The van der Waals surface area contributed by atoms with Crippen molar-refractivity contribution in [3.63, 3.8) is 0 Å². The first kappa shape index (κ1) is 19.2. The SMILES string of the molecule is CC(C)(C)S(=O)(=O)CC1CCC(CCc2cc(-c3ccco3)n[nH]2)CC1. The molecular weight excluding hydrogens is 348 g/mol. The molecule has 0 unspecified atom stereocenters. The van der Waals surface area contributed by atoms with Gasteiger partial charge >= 0.3 is 0 Å². The van der Waals surface area contributed by atoms with Gasteiger partial charge in [-0.3, -0.25) is 5.10 Å². The molecule has 0 atom stereocenters. The van der Waals surface area contributed by atoms with Gasteiger partial charge in [-0.25, -0.2) is 8.42 Å². The molecule has 0 radical (unpaired) electrons. The molecule has 0 amide bonds. The first-order chi connectivity index (χ1) is 12.2. The highest BCUT2D eigenvalue weighted by atomic mass is 32.2. The van der Waals surface area contributed by atoms with E-state index < -0.39 is 14.6 Å². The van der Waals surface area contributed by atoms with E-state index in [-0.39, 0.29) is 0 Å². The first-order valence-corrected chi connectivity index (χ1v) is 11.2. The summed E-state index contributed by atoms with van der Waals surface area (Å²) in [6.07, 6.45) is 8.07. The van der Waals surface area contributed by atoms with Crippen molar-refractivity contribution < 1.29 is 12.8 Å². The maximum absolute atomic E-state index is 12.4. The minimum absolute atomic E-state index is 0.327. The highest BCUT2D eigenvalue weighted by molar-refractivity contribution is 7.92. The van der Waals surface area contributed by atoms with Crippen LogP contribution in [0.2, 0.25) is 0 Å². The molecule has 5 nitrogen and oxygen atoms in total. The summed E-state index contributed by atoms with van der Waals surface area (Å²) < 4.78 is 29.5. The smallest absolute Gasteiger partial charge is 0.155 e. The van der Waals surface area contributed by atoms with E-state index in [4.69, 9.17) is 4.42 Å². The molecule has 0 spiro atoms. The van der Waals surface area contributed by atoms with Gasteiger partial charge in [-0.15, -0.1) is 0 Å². The van der Waals surface area contributed by atoms with Crippen LogP contribution in [0.5, 0.6) is 0 Å². The van der Waals surface area contributed by atoms with Crippen LogP contribution in [0.3, 0.4) is 0 Å². The van der Waals surface area contributed by atoms with Crippen LogP contribution in [0.25, 0.3) is 11.5 Å². The number of hydrogen-bond donors (Lipinski definition) is 1. The van der Waals surface area contributed by atoms with Gasteiger partial charge in [-0.05, 0) is 76.5 Å². The van der Waals surface area contributed by atoms with Crippen LogP contribution in [-0.4, -0.2) is 29.1 Å². The number of nitrogens with one attached hydrogen (secondary N) is 1. The molecule has 1 saturated carbocycles. The molecule has 1 fully saturated rings. The van der Waals surface area contributed by atoms with Gasteiger partial charge in [-0.1, -0.05) is 12.8 Å². The molecule has 2 aromatic rings. The van der Waals surface area contributed by atoms with E-state index in [1.165, 1.54) is 0 Å². The largest absolute Gasteiger partial charge is 0.463 e. The highest BCUT2D eigenvalue weighted by Crippen LogP contribution is 2.34. The van der Waals surface area contributed by atoms with Crippen LogP contribution in [0.15, 0.2) is 28.9 Å². The van der Waals surface area contributed by atoms with Crippen molar-refractivity contribution >= 4 is 9.84 Å². The molecule has 2 aromatic heterocycles. The van der Waals surface area contributed by atoms with Gasteiger partial charge < -0.3 is 4.42 Å². The van der Waals surface area contributed by atoms with Gasteiger partial charge in [0.2, 0.25) is 0 Å². The maximum atomic E-state index is 12.4. The van der Waals surface area contributed by atoms with Crippen LogP contribution in [0, 0.1) is 11.8 Å². The number of nitrogens with zero attached hydrogens (tertiary/aromatic N) is 1. The molecule has 0 bridgehead atoms. The lowest BCUT2D eigenvalue weighted by molar-refractivity contribution is 0.277. The molecule has 144 valence electrons. The Balaban J connectivity index is 1.45. The van der Waals surface area contributed by atoms with Crippen molar-refractivity contribution in [2.45, 2.75) is 64.0 Å². The normalized spacial score (nSPS) is 21.8. The van der Waals surface area contributed by atoms with Gasteiger partial charge in [-0.2, -0.15) is 5.10 Å². The van der Waals surface area contributed by atoms with E-state index in [1.807, 2.05) is 12.1 Å². The molecule has 1 aliphatic carbocycles. The fourth-order valence-electron chi connectivity index (χ4n) is 3.65. The number of aromatic amines is 1. The maximum Gasteiger partial charge on any atom is 0.155 e. The van der Waals surface area contributed by atoms with Gasteiger partial charge in [0.15, 0.2) is 15.6 Å². The summed E-state index contributed by atoms with van der Waals surface area (Å²) in [4.78, 5) is 0. The summed E-state index contributed by atoms with van der Waals surface area (Å²) in [5.74, 6) is 2.14. The predicted molar refractivity (Wildman–Crippen MR) is 104 cm³/mol. The Bertz CT molecular complexity index is 792. The Hall–Kier alpha value is -1.56. The Morgan fingerprint density at radius 2 is 1.88 bits per heavy atom. The lowest BCUT2D eigenvalue weighted by Crippen LogP contribution is -2.34. The Kier molecular flexibility index (Phi) is 5.61. The van der Waals surface area contributed by atoms with E-state index in [9.17, 15) is 8.42 Å². The van der Waals surface area contributed by atoms with Crippen LogP contribution >= 0.6 is 0 Å². The van der Waals surface area contributed by atoms with E-state index in [1.54, 1.807) is 27.0 Å². The van der Waals surface area contributed by atoms with Crippen molar-refractivity contribution in [1.82, 2.24) is 10.2 Å². The molecular formula is C20H30N2O3S. The molecule has 1 aliphatic rings. The molecule has 0 aliphatic heterocycles. The second kappa shape index (κ2) is 7.59. The van der Waals surface area contributed by atoms with Crippen molar-refractivity contribution in [2.75, 3.05) is 5.75 Å². The monoisotopic (exact) mass is 378 g/mol. The third-order valence-electron chi connectivity index (χ3n) is 5.58. The molecule has 0 saturated heterocycles. The van der Waals surface area contributed by atoms with Gasteiger partial charge in [0.05, 0.1) is 16.8 Å². The van der Waals surface area contributed by atoms with Gasteiger partial charge in [0.25, 0.3) is 0 Å². The summed E-state index contributed by atoms with van der Waals surface area (Å²) in [6.45, 7) is 5.40. The van der Waals surface area contributed by atoms with Gasteiger partial charge in [0.1, 0.15) is 5.69 Å². The standard InChI is InChI=1S/C20H30N2O3S/c1-20(2,3)26(23,24)14-16-8-6-15(7-9-16)10-11-17-13-18(22-21-17)19-5-4-12-25-19/h4-5,12-13,15-16H,6-11,14H2,1-3H3,(H,21,22). The van der Waals surface area contributed by atoms with Crippen LogP contribution in [0.1, 0.15) is 58.6 Å². The zero-order valence-electron chi connectivity index (χ0n) is 16.0. The molecule has 0 aromatic carbocycles. The number of rotatable bonds is 6. The van der Waals surface area contributed by atoms with Crippen molar-refractivity contribution in [2.24, 2.45) is 11.8 Å². The summed E-state index contributed by atoms with van der Waals surface area (Å²) in [7, 11) is -3.01. The van der Waals surface area contributed by atoms with E-state index in [0.717, 1.165) is 55.7 Å². The number of H-pyrrole nitrogens is 1. The first-order valence-electron chi connectivity index (χ1n) is 9.55. The summed E-state index contributed by atoms with van der Waals surface area (Å²) in [5, 5.41) is 7.41. The Labute approximate surface area is 156 Å². The van der Waals surface area contributed by atoms with Crippen LogP contribution < -0.4 is 0 Å². The van der Waals surface area contributed by atoms with E-state index >= 15 is 0 Å². The molecule has 3 rings (SSSR count). The Morgan fingerprint density at radius 1 is 1.19 bits per heavy atom. The number of hydrogen-bond acceptors (Lipinski definition) is 4. The average molecular weight is 379 g/mol. The van der Waals surface area contributed by atoms with Crippen molar-refractivity contribution in [3.8, 4) is 11.5 Å². The minimum Gasteiger partial charge on any atom is -0.463 e. The average Bonchev–Trinajstić information content (AvgIpc) is 3.24. The van der Waals surface area contributed by atoms with Gasteiger partial charge in [0, 0.05) is 5.69 Å². The third kappa shape index (κ3) is 4.58. The lowest BCUT2D eigenvalue weighted by Gasteiger charge is -2.30. The third-order valence-corrected chi connectivity index (χ3v) is 8.36.